The predicted molar refractivity (Wildman–Crippen MR) is 93.1 cm³/mol. The fraction of sp³-hybridized carbons (Fsp3) is 0.579. The van der Waals surface area contributed by atoms with Crippen molar-refractivity contribution in [3.8, 4) is 0 Å². The highest BCUT2D eigenvalue weighted by Gasteiger charge is 2.36. The summed E-state index contributed by atoms with van der Waals surface area (Å²) in [6.45, 7) is 6.74. The number of aliphatic hydroxyl groups is 1. The van der Waals surface area contributed by atoms with Crippen LogP contribution in [-0.4, -0.2) is 41.0 Å². The van der Waals surface area contributed by atoms with Crippen molar-refractivity contribution in [2.75, 3.05) is 13.1 Å². The molecule has 0 aromatic heterocycles. The van der Waals surface area contributed by atoms with Gasteiger partial charge in [-0.3, -0.25) is 9.59 Å². The first-order valence-corrected chi connectivity index (χ1v) is 8.68. The number of carbonyl (C=O) groups is 2. The van der Waals surface area contributed by atoms with Gasteiger partial charge in [-0.25, -0.2) is 0 Å². The van der Waals surface area contributed by atoms with Crippen molar-refractivity contribution in [2.45, 2.75) is 45.8 Å². The summed E-state index contributed by atoms with van der Waals surface area (Å²) in [6.07, 6.45) is 0.557. The number of likely N-dealkylation sites (tertiary alicyclic amines) is 1. The SMILES string of the molecule is CC(O)CC(C)CNC(=O)C1CC(=O)N(C(C)c2ccccc2)C1. The van der Waals surface area contributed by atoms with E-state index in [0.717, 1.165) is 5.56 Å². The molecule has 1 aromatic rings. The highest BCUT2D eigenvalue weighted by atomic mass is 16.3. The van der Waals surface area contributed by atoms with Gasteiger partial charge in [0.15, 0.2) is 0 Å². The van der Waals surface area contributed by atoms with Crippen molar-refractivity contribution in [3.05, 3.63) is 35.9 Å². The molecule has 2 rings (SSSR count). The predicted octanol–water partition coefficient (Wildman–Crippen LogP) is 2.12. The van der Waals surface area contributed by atoms with E-state index >= 15 is 0 Å². The van der Waals surface area contributed by atoms with Gasteiger partial charge in [-0.2, -0.15) is 0 Å². The van der Waals surface area contributed by atoms with Gasteiger partial charge in [0.1, 0.15) is 0 Å². The Morgan fingerprint density at radius 1 is 1.29 bits per heavy atom. The van der Waals surface area contributed by atoms with Crippen molar-refractivity contribution in [3.63, 3.8) is 0 Å². The quantitative estimate of drug-likeness (QED) is 0.803. The van der Waals surface area contributed by atoms with Gasteiger partial charge in [0.05, 0.1) is 18.1 Å². The normalized spacial score (nSPS) is 21.4. The molecule has 2 amide bonds. The number of rotatable bonds is 7. The third-order valence-electron chi connectivity index (χ3n) is 4.65. The largest absolute Gasteiger partial charge is 0.393 e. The molecule has 0 spiro atoms. The Hall–Kier alpha value is -1.88. The second-order valence-corrected chi connectivity index (χ2v) is 6.97. The third kappa shape index (κ3) is 4.81. The second-order valence-electron chi connectivity index (χ2n) is 6.97. The molecule has 0 aliphatic carbocycles. The van der Waals surface area contributed by atoms with Crippen LogP contribution in [0, 0.1) is 11.8 Å². The first-order valence-electron chi connectivity index (χ1n) is 8.68. The van der Waals surface area contributed by atoms with E-state index in [4.69, 9.17) is 0 Å². The highest BCUT2D eigenvalue weighted by Crippen LogP contribution is 2.28. The van der Waals surface area contributed by atoms with Crippen molar-refractivity contribution in [2.24, 2.45) is 11.8 Å². The van der Waals surface area contributed by atoms with Crippen LogP contribution in [-0.2, 0) is 9.59 Å². The Morgan fingerprint density at radius 2 is 1.96 bits per heavy atom. The van der Waals surface area contributed by atoms with Crippen molar-refractivity contribution in [1.29, 1.82) is 0 Å². The first-order chi connectivity index (χ1) is 11.4. The number of nitrogens with zero attached hydrogens (tertiary/aromatic N) is 1. The standard InChI is InChI=1S/C19H28N2O3/c1-13(9-14(2)22)11-20-19(24)17-10-18(23)21(12-17)15(3)16-7-5-4-6-8-16/h4-8,13-15,17,22H,9-12H2,1-3H3,(H,20,24). The van der Waals surface area contributed by atoms with E-state index in [1.165, 1.54) is 0 Å². The van der Waals surface area contributed by atoms with Crippen molar-refractivity contribution in [1.82, 2.24) is 10.2 Å². The van der Waals surface area contributed by atoms with E-state index in [0.29, 0.717) is 19.5 Å². The van der Waals surface area contributed by atoms with E-state index < -0.39 is 0 Å². The van der Waals surface area contributed by atoms with E-state index in [2.05, 4.69) is 5.32 Å². The van der Waals surface area contributed by atoms with Crippen LogP contribution in [0.25, 0.3) is 0 Å². The molecule has 1 aliphatic heterocycles. The number of aliphatic hydroxyl groups excluding tert-OH is 1. The lowest BCUT2D eigenvalue weighted by Gasteiger charge is -2.25. The molecule has 1 aliphatic rings. The fourth-order valence-corrected chi connectivity index (χ4v) is 3.28. The summed E-state index contributed by atoms with van der Waals surface area (Å²) in [5.41, 5.74) is 1.08. The second kappa shape index (κ2) is 8.29. The van der Waals surface area contributed by atoms with E-state index in [1.54, 1.807) is 11.8 Å². The summed E-state index contributed by atoms with van der Waals surface area (Å²) in [6, 6.07) is 9.85. The van der Waals surface area contributed by atoms with E-state index in [1.807, 2.05) is 44.2 Å². The maximum absolute atomic E-state index is 12.3. The topological polar surface area (TPSA) is 69.6 Å². The van der Waals surface area contributed by atoms with Gasteiger partial charge in [0.2, 0.25) is 11.8 Å². The van der Waals surface area contributed by atoms with Gasteiger partial charge in [-0.15, -0.1) is 0 Å². The Bertz CT molecular complexity index is 559. The number of amides is 2. The molecule has 5 heteroatoms. The van der Waals surface area contributed by atoms with Gasteiger partial charge in [-0.1, -0.05) is 37.3 Å². The smallest absolute Gasteiger partial charge is 0.225 e. The summed E-state index contributed by atoms with van der Waals surface area (Å²) >= 11 is 0. The van der Waals surface area contributed by atoms with Crippen LogP contribution in [0.2, 0.25) is 0 Å². The molecule has 5 nitrogen and oxygen atoms in total. The molecule has 2 N–H and O–H groups in total. The van der Waals surface area contributed by atoms with E-state index in [9.17, 15) is 14.7 Å². The number of hydrogen-bond acceptors (Lipinski definition) is 3. The zero-order valence-corrected chi connectivity index (χ0v) is 14.7. The van der Waals surface area contributed by atoms with E-state index in [-0.39, 0.29) is 42.2 Å². The minimum Gasteiger partial charge on any atom is -0.393 e. The van der Waals surface area contributed by atoms with Gasteiger partial charge in [-0.05, 0) is 31.7 Å². The summed E-state index contributed by atoms with van der Waals surface area (Å²) in [5.74, 6) is -0.111. The minimum absolute atomic E-state index is 0.0225. The molecule has 1 saturated heterocycles. The number of carbonyl (C=O) groups excluding carboxylic acids is 2. The van der Waals surface area contributed by atoms with Crippen LogP contribution in [0.3, 0.4) is 0 Å². The summed E-state index contributed by atoms with van der Waals surface area (Å²) < 4.78 is 0. The van der Waals surface area contributed by atoms with Gasteiger partial charge < -0.3 is 15.3 Å². The van der Waals surface area contributed by atoms with Crippen molar-refractivity contribution < 1.29 is 14.7 Å². The maximum Gasteiger partial charge on any atom is 0.225 e. The molecule has 0 saturated carbocycles. The average molecular weight is 332 g/mol. The average Bonchev–Trinajstić information content (AvgIpc) is 2.94. The van der Waals surface area contributed by atoms with Crippen LogP contribution in [0.1, 0.15) is 45.2 Å². The monoisotopic (exact) mass is 332 g/mol. The lowest BCUT2D eigenvalue weighted by Crippen LogP contribution is -2.36. The Labute approximate surface area is 144 Å². The number of nitrogens with one attached hydrogen (secondary N) is 1. The first kappa shape index (κ1) is 18.5. The van der Waals surface area contributed by atoms with Crippen molar-refractivity contribution >= 4 is 11.8 Å². The molecular formula is C19H28N2O3. The lowest BCUT2D eigenvalue weighted by molar-refractivity contribution is -0.130. The molecule has 1 heterocycles. The zero-order valence-electron chi connectivity index (χ0n) is 14.7. The van der Waals surface area contributed by atoms with Crippen LogP contribution >= 0.6 is 0 Å². The number of benzene rings is 1. The lowest BCUT2D eigenvalue weighted by atomic mass is 10.0. The Kier molecular flexibility index (Phi) is 6.37. The molecule has 132 valence electrons. The number of hydrogen-bond donors (Lipinski definition) is 2. The van der Waals surface area contributed by atoms with Crippen LogP contribution in [0.4, 0.5) is 0 Å². The highest BCUT2D eigenvalue weighted by molar-refractivity contribution is 5.89. The van der Waals surface area contributed by atoms with Gasteiger partial charge in [0, 0.05) is 19.5 Å². The minimum atomic E-state index is -0.368. The maximum atomic E-state index is 12.3. The van der Waals surface area contributed by atoms with Crippen LogP contribution in [0.5, 0.6) is 0 Å². The molecular weight excluding hydrogens is 304 g/mol. The summed E-state index contributed by atoms with van der Waals surface area (Å²) in [4.78, 5) is 26.4. The molecule has 0 radical (unpaired) electrons. The Balaban J connectivity index is 1.88. The molecule has 0 bridgehead atoms. The van der Waals surface area contributed by atoms with Crippen LogP contribution in [0.15, 0.2) is 30.3 Å². The molecule has 24 heavy (non-hydrogen) atoms. The molecule has 4 atom stereocenters. The Morgan fingerprint density at radius 3 is 2.58 bits per heavy atom. The van der Waals surface area contributed by atoms with Crippen LogP contribution < -0.4 is 5.32 Å². The summed E-state index contributed by atoms with van der Waals surface area (Å²) in [7, 11) is 0. The third-order valence-corrected chi connectivity index (χ3v) is 4.65. The molecule has 1 aromatic carbocycles. The fourth-order valence-electron chi connectivity index (χ4n) is 3.28. The summed E-state index contributed by atoms with van der Waals surface area (Å²) in [5, 5.41) is 12.3. The zero-order chi connectivity index (χ0) is 17.7. The molecule has 4 unspecified atom stereocenters. The van der Waals surface area contributed by atoms with Gasteiger partial charge >= 0.3 is 0 Å². The van der Waals surface area contributed by atoms with Gasteiger partial charge in [0.25, 0.3) is 0 Å². The molecule has 1 fully saturated rings.